The molecule has 0 aliphatic rings. The van der Waals surface area contributed by atoms with Crippen LogP contribution in [0.3, 0.4) is 0 Å². The van der Waals surface area contributed by atoms with Crippen molar-refractivity contribution in [2.75, 3.05) is 6.61 Å². The lowest BCUT2D eigenvalue weighted by Crippen LogP contribution is -2.27. The Hall–Kier alpha value is -2.97. The monoisotopic (exact) mass is 409 g/mol. The Bertz CT molecular complexity index is 869. The number of alkyl halides is 3. The average Bonchev–Trinajstić information content (AvgIpc) is 2.66. The summed E-state index contributed by atoms with van der Waals surface area (Å²) in [6.45, 7) is 3.79. The number of pyridine rings is 2. The SMILES string of the molecule is CC(C)C(=O)Cc1cc(C(=O)NC(C)c2cccc(OCC(F)(F)F)n2)ccn1. The zero-order valence-corrected chi connectivity index (χ0v) is 16.3. The van der Waals surface area contributed by atoms with Gasteiger partial charge in [0.15, 0.2) is 6.61 Å². The first-order valence-electron chi connectivity index (χ1n) is 9.00. The van der Waals surface area contributed by atoms with Gasteiger partial charge < -0.3 is 10.1 Å². The maximum absolute atomic E-state index is 12.5. The smallest absolute Gasteiger partial charge is 0.422 e. The average molecular weight is 409 g/mol. The number of carbonyl (C=O) groups excluding carboxylic acids is 2. The number of Topliss-reactive ketones (excluding diaryl/α,β-unsaturated/α-hetero) is 1. The molecule has 0 saturated carbocycles. The molecule has 1 atom stereocenters. The van der Waals surface area contributed by atoms with Crippen molar-refractivity contribution in [1.82, 2.24) is 15.3 Å². The molecule has 0 radical (unpaired) electrons. The first-order chi connectivity index (χ1) is 13.5. The number of ketones is 1. The molecule has 0 aliphatic heterocycles. The number of ether oxygens (including phenoxy) is 1. The van der Waals surface area contributed by atoms with Crippen LogP contribution in [0.15, 0.2) is 36.5 Å². The predicted octanol–water partition coefficient (Wildman–Crippen LogP) is 3.68. The summed E-state index contributed by atoms with van der Waals surface area (Å²) < 4.78 is 41.5. The van der Waals surface area contributed by atoms with Crippen molar-refractivity contribution in [1.29, 1.82) is 0 Å². The van der Waals surface area contributed by atoms with Crippen LogP contribution in [0.1, 0.15) is 48.6 Å². The van der Waals surface area contributed by atoms with E-state index in [1.807, 2.05) is 0 Å². The molecule has 0 aromatic carbocycles. The minimum atomic E-state index is -4.46. The van der Waals surface area contributed by atoms with Crippen molar-refractivity contribution >= 4 is 11.7 Å². The number of hydrogen-bond acceptors (Lipinski definition) is 5. The Morgan fingerprint density at radius 2 is 1.90 bits per heavy atom. The van der Waals surface area contributed by atoms with E-state index in [2.05, 4.69) is 20.0 Å². The number of halogens is 3. The van der Waals surface area contributed by atoms with Crippen molar-refractivity contribution in [3.63, 3.8) is 0 Å². The van der Waals surface area contributed by atoms with Crippen molar-refractivity contribution in [2.24, 2.45) is 5.92 Å². The standard InChI is InChI=1S/C20H22F3N3O3/c1-12(2)17(27)10-15-9-14(7-8-24-15)19(28)25-13(3)16-5-4-6-18(26-16)29-11-20(21,22)23/h4-9,12-13H,10-11H2,1-3H3,(H,25,28). The summed E-state index contributed by atoms with van der Waals surface area (Å²) in [5.41, 5.74) is 1.16. The summed E-state index contributed by atoms with van der Waals surface area (Å²) in [6, 6.07) is 6.86. The molecule has 156 valence electrons. The summed E-state index contributed by atoms with van der Waals surface area (Å²) in [7, 11) is 0. The fraction of sp³-hybridized carbons (Fsp3) is 0.400. The molecular formula is C20H22F3N3O3. The second-order valence-electron chi connectivity index (χ2n) is 6.83. The van der Waals surface area contributed by atoms with Crippen LogP contribution in [0.5, 0.6) is 5.88 Å². The summed E-state index contributed by atoms with van der Waals surface area (Å²) >= 11 is 0. The molecule has 29 heavy (non-hydrogen) atoms. The highest BCUT2D eigenvalue weighted by atomic mass is 19.4. The van der Waals surface area contributed by atoms with E-state index in [0.717, 1.165) is 0 Å². The van der Waals surface area contributed by atoms with Gasteiger partial charge in [0, 0.05) is 35.9 Å². The van der Waals surface area contributed by atoms with Gasteiger partial charge in [0.25, 0.3) is 5.91 Å². The normalized spacial score (nSPS) is 12.5. The van der Waals surface area contributed by atoms with E-state index in [0.29, 0.717) is 17.0 Å². The topological polar surface area (TPSA) is 81.2 Å². The van der Waals surface area contributed by atoms with Crippen LogP contribution >= 0.6 is 0 Å². The molecule has 0 spiro atoms. The van der Waals surface area contributed by atoms with Gasteiger partial charge in [0.05, 0.1) is 11.7 Å². The number of carbonyl (C=O) groups is 2. The van der Waals surface area contributed by atoms with E-state index in [9.17, 15) is 22.8 Å². The summed E-state index contributed by atoms with van der Waals surface area (Å²) in [5.74, 6) is -0.712. The molecule has 0 bridgehead atoms. The third-order valence-corrected chi connectivity index (χ3v) is 4.00. The molecule has 2 aromatic rings. The molecule has 1 N–H and O–H groups in total. The summed E-state index contributed by atoms with van der Waals surface area (Å²) in [5, 5.41) is 2.72. The zero-order valence-electron chi connectivity index (χ0n) is 16.3. The second kappa shape index (κ2) is 9.49. The Kier molecular flexibility index (Phi) is 7.30. The molecule has 0 fully saturated rings. The fourth-order valence-corrected chi connectivity index (χ4v) is 2.36. The maximum Gasteiger partial charge on any atom is 0.422 e. The van der Waals surface area contributed by atoms with Gasteiger partial charge in [-0.1, -0.05) is 19.9 Å². The van der Waals surface area contributed by atoms with Gasteiger partial charge in [0.1, 0.15) is 5.78 Å². The Morgan fingerprint density at radius 3 is 2.55 bits per heavy atom. The zero-order chi connectivity index (χ0) is 21.6. The number of nitrogens with zero attached hydrogens (tertiary/aromatic N) is 2. The molecule has 1 unspecified atom stereocenters. The van der Waals surface area contributed by atoms with E-state index in [4.69, 9.17) is 0 Å². The van der Waals surface area contributed by atoms with E-state index >= 15 is 0 Å². The number of aromatic nitrogens is 2. The fourth-order valence-electron chi connectivity index (χ4n) is 2.36. The van der Waals surface area contributed by atoms with E-state index in [1.165, 1.54) is 24.4 Å². The number of amides is 1. The highest BCUT2D eigenvalue weighted by molar-refractivity contribution is 5.94. The van der Waals surface area contributed by atoms with Crippen LogP contribution in [0.4, 0.5) is 13.2 Å². The van der Waals surface area contributed by atoms with Crippen LogP contribution in [0, 0.1) is 5.92 Å². The predicted molar refractivity (Wildman–Crippen MR) is 99.5 cm³/mol. The van der Waals surface area contributed by atoms with E-state index in [1.54, 1.807) is 32.9 Å². The van der Waals surface area contributed by atoms with Crippen LogP contribution < -0.4 is 10.1 Å². The third kappa shape index (κ3) is 7.17. The van der Waals surface area contributed by atoms with Gasteiger partial charge >= 0.3 is 6.18 Å². The van der Waals surface area contributed by atoms with Gasteiger partial charge in [-0.3, -0.25) is 14.6 Å². The minimum absolute atomic E-state index is 0.0169. The first-order valence-corrected chi connectivity index (χ1v) is 9.00. The molecule has 2 rings (SSSR count). The van der Waals surface area contributed by atoms with Gasteiger partial charge in [-0.2, -0.15) is 13.2 Å². The molecular weight excluding hydrogens is 387 g/mol. The van der Waals surface area contributed by atoms with E-state index < -0.39 is 24.7 Å². The minimum Gasteiger partial charge on any atom is -0.468 e. The quantitative estimate of drug-likeness (QED) is 0.719. The number of nitrogens with one attached hydrogen (secondary N) is 1. The summed E-state index contributed by atoms with van der Waals surface area (Å²) in [6.07, 6.45) is -2.88. The number of rotatable bonds is 8. The highest BCUT2D eigenvalue weighted by Gasteiger charge is 2.28. The van der Waals surface area contributed by atoms with Crippen molar-refractivity contribution in [2.45, 2.75) is 39.4 Å². The van der Waals surface area contributed by atoms with Crippen LogP contribution in [-0.2, 0) is 11.2 Å². The lowest BCUT2D eigenvalue weighted by molar-refractivity contribution is -0.154. The lowest BCUT2D eigenvalue weighted by atomic mass is 10.0. The lowest BCUT2D eigenvalue weighted by Gasteiger charge is -2.15. The van der Waals surface area contributed by atoms with Gasteiger partial charge in [-0.15, -0.1) is 0 Å². The van der Waals surface area contributed by atoms with Crippen molar-refractivity contribution < 1.29 is 27.5 Å². The summed E-state index contributed by atoms with van der Waals surface area (Å²) in [4.78, 5) is 32.5. The van der Waals surface area contributed by atoms with Crippen molar-refractivity contribution in [3.8, 4) is 5.88 Å². The highest BCUT2D eigenvalue weighted by Crippen LogP contribution is 2.19. The Labute approximate surface area is 166 Å². The molecule has 6 nitrogen and oxygen atoms in total. The third-order valence-electron chi connectivity index (χ3n) is 4.00. The molecule has 9 heteroatoms. The molecule has 2 heterocycles. The molecule has 1 amide bonds. The largest absolute Gasteiger partial charge is 0.468 e. The van der Waals surface area contributed by atoms with Crippen LogP contribution in [0.2, 0.25) is 0 Å². The molecule has 0 saturated heterocycles. The maximum atomic E-state index is 12.5. The first kappa shape index (κ1) is 22.3. The molecule has 2 aromatic heterocycles. The van der Waals surface area contributed by atoms with E-state index in [-0.39, 0.29) is 24.0 Å². The van der Waals surface area contributed by atoms with Crippen LogP contribution in [-0.4, -0.2) is 34.4 Å². The number of hydrogen-bond donors (Lipinski definition) is 1. The Morgan fingerprint density at radius 1 is 1.17 bits per heavy atom. The Balaban J connectivity index is 2.04. The molecule has 0 aliphatic carbocycles. The van der Waals surface area contributed by atoms with Gasteiger partial charge in [0.2, 0.25) is 5.88 Å². The second-order valence-corrected chi connectivity index (χ2v) is 6.83. The van der Waals surface area contributed by atoms with Crippen molar-refractivity contribution in [3.05, 3.63) is 53.5 Å². The van der Waals surface area contributed by atoms with Crippen LogP contribution in [0.25, 0.3) is 0 Å². The van der Waals surface area contributed by atoms with Gasteiger partial charge in [-0.25, -0.2) is 4.98 Å². The van der Waals surface area contributed by atoms with Gasteiger partial charge in [-0.05, 0) is 25.1 Å².